The van der Waals surface area contributed by atoms with Crippen molar-refractivity contribution >= 4 is 5.97 Å². The molecule has 4 nitrogen and oxygen atoms in total. The Bertz CT molecular complexity index is 460. The first-order chi connectivity index (χ1) is 11.4. The highest BCUT2D eigenvalue weighted by molar-refractivity contribution is 5.71. The molecule has 1 saturated carbocycles. The Labute approximate surface area is 141 Å². The summed E-state index contributed by atoms with van der Waals surface area (Å²) in [6, 6.07) is 0. The fraction of sp³-hybridized carbons (Fsp3) is 0.842. The average molecular weight is 325 g/mol. The minimum Gasteiger partial charge on any atom is -0.462 e. The van der Waals surface area contributed by atoms with E-state index in [9.17, 15) is 15.0 Å². The molecular formula is C19H32O4. The molecule has 2 fully saturated rings. The smallest absolute Gasteiger partial charge is 0.306 e. The van der Waals surface area contributed by atoms with E-state index >= 15 is 0 Å². The quantitative estimate of drug-likeness (QED) is 0.387. The lowest BCUT2D eigenvalue weighted by molar-refractivity contribution is -0.154. The van der Waals surface area contributed by atoms with Gasteiger partial charge in [-0.2, -0.15) is 0 Å². The Morgan fingerprint density at radius 3 is 2.83 bits per heavy atom. The molecule has 0 unspecified atom stereocenters. The van der Waals surface area contributed by atoms with E-state index in [-0.39, 0.29) is 30.3 Å². The maximum atomic E-state index is 11.7. The molecule has 0 radical (unpaired) electrons. The van der Waals surface area contributed by atoms with Gasteiger partial charge in [-0.1, -0.05) is 51.2 Å². The van der Waals surface area contributed by atoms with Crippen LogP contribution in [-0.4, -0.2) is 34.5 Å². The standard InChI is InChI=1S/C19H32O4/c1-3-5-7-9-15(20)10-13(8-6-4-2)18-16-11-14(19(18)22)12-17(21)23-16/h10,14-16,18-20,22H,3-9,11-12H2,1-2H3/t14-,15-,16-,18+,19-/m0/s1/i15D. The molecule has 0 amide bonds. The van der Waals surface area contributed by atoms with E-state index in [1.165, 1.54) is 0 Å². The highest BCUT2D eigenvalue weighted by atomic mass is 16.5. The number of hydrogen-bond donors (Lipinski definition) is 2. The van der Waals surface area contributed by atoms with Crippen molar-refractivity contribution in [1.29, 1.82) is 0 Å². The van der Waals surface area contributed by atoms with Gasteiger partial charge in [0.1, 0.15) is 6.10 Å². The SMILES string of the molecule is [2H][C@@](O)(C=C(CCCC)[C@H]1[C@@H](O)[C@@H]2CC(=O)O[C@H]1C2)CCCCC. The number of hydrogen-bond acceptors (Lipinski definition) is 4. The number of aliphatic hydroxyl groups is 2. The number of ether oxygens (including phenoxy) is 1. The molecule has 2 bridgehead atoms. The summed E-state index contributed by atoms with van der Waals surface area (Å²) in [5.74, 6) is -0.557. The maximum Gasteiger partial charge on any atom is 0.306 e. The number of rotatable bonds is 9. The Hall–Kier alpha value is -0.870. The zero-order valence-corrected chi connectivity index (χ0v) is 14.5. The number of aliphatic hydroxyl groups excluding tert-OH is 1. The van der Waals surface area contributed by atoms with Crippen molar-refractivity contribution in [2.45, 2.75) is 89.9 Å². The Balaban J connectivity index is 2.18. The number of esters is 1. The minimum atomic E-state index is -1.61. The molecule has 4 heteroatoms. The van der Waals surface area contributed by atoms with E-state index in [1.807, 2.05) is 0 Å². The summed E-state index contributed by atoms with van der Waals surface area (Å²) >= 11 is 0. The summed E-state index contributed by atoms with van der Waals surface area (Å²) in [6.45, 7) is 4.18. The van der Waals surface area contributed by atoms with E-state index in [1.54, 1.807) is 6.08 Å². The first-order valence-electron chi connectivity index (χ1n) is 9.69. The summed E-state index contributed by atoms with van der Waals surface area (Å²) in [7, 11) is 0. The molecule has 132 valence electrons. The minimum absolute atomic E-state index is 0.0507. The van der Waals surface area contributed by atoms with Gasteiger partial charge in [-0.3, -0.25) is 4.79 Å². The van der Waals surface area contributed by atoms with Crippen molar-refractivity contribution in [3.05, 3.63) is 11.6 Å². The van der Waals surface area contributed by atoms with Gasteiger partial charge in [0, 0.05) is 5.92 Å². The van der Waals surface area contributed by atoms with Gasteiger partial charge in [0.05, 0.1) is 20.0 Å². The largest absolute Gasteiger partial charge is 0.462 e. The summed E-state index contributed by atoms with van der Waals surface area (Å²) in [5, 5.41) is 21.1. The van der Waals surface area contributed by atoms with E-state index < -0.39 is 12.2 Å². The van der Waals surface area contributed by atoms with Gasteiger partial charge in [0.2, 0.25) is 0 Å². The molecule has 0 aromatic heterocycles. The molecular weight excluding hydrogens is 292 g/mol. The van der Waals surface area contributed by atoms with Crippen molar-refractivity contribution in [2.24, 2.45) is 11.8 Å². The Morgan fingerprint density at radius 2 is 2.13 bits per heavy atom. The van der Waals surface area contributed by atoms with Crippen molar-refractivity contribution in [2.75, 3.05) is 0 Å². The lowest BCUT2D eigenvalue weighted by Gasteiger charge is -2.25. The van der Waals surface area contributed by atoms with Crippen LogP contribution in [0, 0.1) is 11.8 Å². The van der Waals surface area contributed by atoms with Crippen LogP contribution in [0.3, 0.4) is 0 Å². The topological polar surface area (TPSA) is 66.8 Å². The van der Waals surface area contributed by atoms with Gasteiger partial charge in [0.25, 0.3) is 0 Å². The molecule has 0 spiro atoms. The van der Waals surface area contributed by atoms with Gasteiger partial charge in [-0.15, -0.1) is 0 Å². The third-order valence-corrected chi connectivity index (χ3v) is 5.13. The van der Waals surface area contributed by atoms with E-state index in [0.29, 0.717) is 12.8 Å². The second kappa shape index (κ2) is 8.84. The van der Waals surface area contributed by atoms with Crippen LogP contribution in [0.2, 0.25) is 0 Å². The maximum absolute atomic E-state index is 11.7. The number of carbonyl (C=O) groups is 1. The van der Waals surface area contributed by atoms with E-state index in [2.05, 4.69) is 13.8 Å². The summed E-state index contributed by atoms with van der Waals surface area (Å²) in [4.78, 5) is 11.7. The first kappa shape index (κ1) is 17.0. The van der Waals surface area contributed by atoms with Crippen LogP contribution in [0.1, 0.15) is 73.0 Å². The summed E-state index contributed by atoms with van der Waals surface area (Å²) < 4.78 is 13.7. The lowest BCUT2D eigenvalue weighted by Crippen LogP contribution is -2.28. The Morgan fingerprint density at radius 1 is 1.39 bits per heavy atom. The van der Waals surface area contributed by atoms with Crippen LogP contribution in [0.15, 0.2) is 11.6 Å². The highest BCUT2D eigenvalue weighted by Crippen LogP contribution is 2.44. The van der Waals surface area contributed by atoms with Crippen molar-refractivity contribution in [3.63, 3.8) is 0 Å². The molecule has 5 atom stereocenters. The van der Waals surface area contributed by atoms with E-state index in [0.717, 1.165) is 44.1 Å². The molecule has 1 heterocycles. The van der Waals surface area contributed by atoms with Crippen LogP contribution in [0.25, 0.3) is 0 Å². The van der Waals surface area contributed by atoms with Crippen molar-refractivity contribution in [1.82, 2.24) is 0 Å². The zero-order valence-electron chi connectivity index (χ0n) is 15.5. The predicted octanol–water partition coefficient (Wildman–Crippen LogP) is 3.36. The molecule has 1 aliphatic heterocycles. The molecule has 2 rings (SSSR count). The fourth-order valence-electron chi connectivity index (χ4n) is 3.87. The molecule has 1 saturated heterocycles. The molecule has 0 aromatic rings. The molecule has 0 aromatic carbocycles. The zero-order chi connectivity index (χ0) is 17.7. The number of unbranched alkanes of at least 4 members (excludes halogenated alkanes) is 3. The van der Waals surface area contributed by atoms with Crippen molar-refractivity contribution < 1.29 is 21.1 Å². The lowest BCUT2D eigenvalue weighted by atomic mass is 9.87. The monoisotopic (exact) mass is 325 g/mol. The fourth-order valence-corrected chi connectivity index (χ4v) is 3.87. The molecule has 2 aliphatic rings. The van der Waals surface area contributed by atoms with Crippen molar-refractivity contribution in [3.8, 4) is 0 Å². The van der Waals surface area contributed by atoms with Crippen LogP contribution in [0.4, 0.5) is 0 Å². The van der Waals surface area contributed by atoms with Gasteiger partial charge in [-0.05, 0) is 31.6 Å². The van der Waals surface area contributed by atoms with Crippen LogP contribution < -0.4 is 0 Å². The van der Waals surface area contributed by atoms with Gasteiger partial charge < -0.3 is 14.9 Å². The van der Waals surface area contributed by atoms with Crippen LogP contribution in [0.5, 0.6) is 0 Å². The second-order valence-electron chi connectivity index (χ2n) is 7.02. The third kappa shape index (κ3) is 4.80. The highest BCUT2D eigenvalue weighted by Gasteiger charge is 2.49. The first-order valence-corrected chi connectivity index (χ1v) is 9.19. The second-order valence-corrected chi connectivity index (χ2v) is 7.02. The molecule has 2 N–H and O–H groups in total. The number of carbonyl (C=O) groups excluding carboxylic acids is 1. The normalized spacial score (nSPS) is 34.0. The Kier molecular flexibility index (Phi) is 6.52. The predicted molar refractivity (Wildman–Crippen MR) is 89.9 cm³/mol. The van der Waals surface area contributed by atoms with E-state index in [4.69, 9.17) is 6.11 Å². The molecule has 1 aliphatic carbocycles. The number of fused-ring (bicyclic) bond motifs is 2. The summed E-state index contributed by atoms with van der Waals surface area (Å²) in [5.41, 5.74) is 0.889. The third-order valence-electron chi connectivity index (χ3n) is 5.13. The van der Waals surface area contributed by atoms with Gasteiger partial charge in [0.15, 0.2) is 0 Å². The van der Waals surface area contributed by atoms with Gasteiger partial charge >= 0.3 is 5.97 Å². The summed E-state index contributed by atoms with van der Waals surface area (Å²) in [6.07, 6.45) is 5.97. The average Bonchev–Trinajstić information content (AvgIpc) is 2.73. The van der Waals surface area contributed by atoms with Gasteiger partial charge in [-0.25, -0.2) is 0 Å². The molecule has 23 heavy (non-hydrogen) atoms. The van der Waals surface area contributed by atoms with Crippen LogP contribution >= 0.6 is 0 Å². The van der Waals surface area contributed by atoms with Crippen LogP contribution in [-0.2, 0) is 9.53 Å².